The van der Waals surface area contributed by atoms with Gasteiger partial charge in [-0.3, -0.25) is 0 Å². The number of benzene rings is 1. The molecule has 17 heavy (non-hydrogen) atoms. The number of hydrogen-bond acceptors (Lipinski definition) is 3. The summed E-state index contributed by atoms with van der Waals surface area (Å²) < 4.78 is 15.5. The highest BCUT2D eigenvalue weighted by Gasteiger charge is 2.25. The SMILES string of the molecule is Nc1cnn2c1NCCC2c1ccccc1F. The lowest BCUT2D eigenvalue weighted by Crippen LogP contribution is -2.25. The van der Waals surface area contributed by atoms with Gasteiger partial charge < -0.3 is 11.1 Å². The maximum Gasteiger partial charge on any atom is 0.148 e. The number of nitrogens with one attached hydrogen (secondary N) is 1. The molecule has 5 heteroatoms. The van der Waals surface area contributed by atoms with E-state index in [0.717, 1.165) is 18.8 Å². The average molecular weight is 232 g/mol. The van der Waals surface area contributed by atoms with Crippen LogP contribution in [0.2, 0.25) is 0 Å². The van der Waals surface area contributed by atoms with Gasteiger partial charge in [-0.1, -0.05) is 18.2 Å². The normalized spacial score (nSPS) is 18.5. The minimum absolute atomic E-state index is 0.0789. The van der Waals surface area contributed by atoms with Crippen LogP contribution in [-0.2, 0) is 0 Å². The first-order valence-corrected chi connectivity index (χ1v) is 5.58. The van der Waals surface area contributed by atoms with Crippen molar-refractivity contribution >= 4 is 11.5 Å². The van der Waals surface area contributed by atoms with Crippen LogP contribution in [0.5, 0.6) is 0 Å². The summed E-state index contributed by atoms with van der Waals surface area (Å²) in [6.07, 6.45) is 2.40. The van der Waals surface area contributed by atoms with E-state index in [4.69, 9.17) is 5.73 Å². The Labute approximate surface area is 98.2 Å². The molecule has 0 amide bonds. The number of halogens is 1. The minimum atomic E-state index is -0.195. The molecule has 0 aliphatic carbocycles. The number of rotatable bonds is 1. The van der Waals surface area contributed by atoms with E-state index in [1.165, 1.54) is 6.07 Å². The van der Waals surface area contributed by atoms with E-state index < -0.39 is 0 Å². The van der Waals surface area contributed by atoms with E-state index in [-0.39, 0.29) is 11.9 Å². The van der Waals surface area contributed by atoms with Crippen LogP contribution >= 0.6 is 0 Å². The molecule has 88 valence electrons. The second kappa shape index (κ2) is 3.76. The summed E-state index contributed by atoms with van der Waals surface area (Å²) in [4.78, 5) is 0. The molecule has 0 radical (unpaired) electrons. The Morgan fingerprint density at radius 1 is 1.41 bits per heavy atom. The van der Waals surface area contributed by atoms with Crippen LogP contribution in [0.3, 0.4) is 0 Å². The Kier molecular flexibility index (Phi) is 2.24. The third kappa shape index (κ3) is 1.54. The van der Waals surface area contributed by atoms with Gasteiger partial charge in [-0.05, 0) is 12.5 Å². The Bertz CT molecular complexity index is 549. The monoisotopic (exact) mass is 232 g/mol. The Balaban J connectivity index is 2.09. The number of aromatic nitrogens is 2. The minimum Gasteiger partial charge on any atom is -0.394 e. The molecule has 2 aromatic rings. The van der Waals surface area contributed by atoms with Gasteiger partial charge in [0.05, 0.1) is 17.9 Å². The Morgan fingerprint density at radius 3 is 3.06 bits per heavy atom. The van der Waals surface area contributed by atoms with E-state index >= 15 is 0 Å². The quantitative estimate of drug-likeness (QED) is 0.790. The summed E-state index contributed by atoms with van der Waals surface area (Å²) in [5.74, 6) is 0.587. The zero-order valence-corrected chi connectivity index (χ0v) is 9.23. The smallest absolute Gasteiger partial charge is 0.148 e. The van der Waals surface area contributed by atoms with Crippen LogP contribution in [0, 0.1) is 5.82 Å². The lowest BCUT2D eigenvalue weighted by atomic mass is 10.0. The second-order valence-corrected chi connectivity index (χ2v) is 4.15. The molecule has 4 nitrogen and oxygen atoms in total. The summed E-state index contributed by atoms with van der Waals surface area (Å²) in [5.41, 5.74) is 7.07. The highest BCUT2D eigenvalue weighted by molar-refractivity contribution is 5.62. The van der Waals surface area contributed by atoms with Gasteiger partial charge >= 0.3 is 0 Å². The van der Waals surface area contributed by atoms with Crippen molar-refractivity contribution in [3.05, 3.63) is 41.8 Å². The fraction of sp³-hybridized carbons (Fsp3) is 0.250. The number of fused-ring (bicyclic) bond motifs is 1. The van der Waals surface area contributed by atoms with Gasteiger partial charge in [0.1, 0.15) is 11.6 Å². The maximum absolute atomic E-state index is 13.8. The summed E-state index contributed by atoms with van der Waals surface area (Å²) in [6, 6.07) is 6.73. The van der Waals surface area contributed by atoms with Crippen molar-refractivity contribution < 1.29 is 4.39 Å². The van der Waals surface area contributed by atoms with Crippen molar-refractivity contribution in [3.63, 3.8) is 0 Å². The van der Waals surface area contributed by atoms with Crippen LogP contribution in [0.15, 0.2) is 30.5 Å². The van der Waals surface area contributed by atoms with Gasteiger partial charge in [-0.25, -0.2) is 9.07 Å². The first-order valence-electron chi connectivity index (χ1n) is 5.58. The molecule has 0 fully saturated rings. The van der Waals surface area contributed by atoms with Gasteiger partial charge in [-0.2, -0.15) is 5.10 Å². The average Bonchev–Trinajstić information content (AvgIpc) is 2.72. The number of hydrogen-bond donors (Lipinski definition) is 2. The number of nitrogen functional groups attached to an aromatic ring is 1. The van der Waals surface area contributed by atoms with Gasteiger partial charge in [0.25, 0.3) is 0 Å². The van der Waals surface area contributed by atoms with E-state index in [0.29, 0.717) is 11.3 Å². The predicted molar refractivity (Wildman–Crippen MR) is 64.3 cm³/mol. The predicted octanol–water partition coefficient (Wildman–Crippen LogP) is 2.01. The zero-order valence-electron chi connectivity index (χ0n) is 9.23. The number of anilines is 2. The number of nitrogens with zero attached hydrogens (tertiary/aromatic N) is 2. The number of nitrogens with two attached hydrogens (primary N) is 1. The molecule has 3 N–H and O–H groups in total. The van der Waals surface area contributed by atoms with Gasteiger partial charge in [0, 0.05) is 12.1 Å². The third-order valence-corrected chi connectivity index (χ3v) is 3.09. The molecule has 0 spiro atoms. The molecule has 1 atom stereocenters. The van der Waals surface area contributed by atoms with E-state index in [1.54, 1.807) is 23.0 Å². The van der Waals surface area contributed by atoms with Crippen molar-refractivity contribution in [1.82, 2.24) is 9.78 Å². The van der Waals surface area contributed by atoms with E-state index in [9.17, 15) is 4.39 Å². The van der Waals surface area contributed by atoms with Crippen molar-refractivity contribution in [3.8, 4) is 0 Å². The Hall–Kier alpha value is -2.04. The van der Waals surface area contributed by atoms with E-state index in [2.05, 4.69) is 10.4 Å². The van der Waals surface area contributed by atoms with Gasteiger partial charge in [-0.15, -0.1) is 0 Å². The standard InChI is InChI=1S/C12H13FN4/c13-9-4-2-1-3-8(9)11-5-6-15-12-10(14)7-16-17(11)12/h1-4,7,11,15H,5-6,14H2. The van der Waals surface area contributed by atoms with Gasteiger partial charge in [0.15, 0.2) is 0 Å². The second-order valence-electron chi connectivity index (χ2n) is 4.15. The molecule has 1 aliphatic heterocycles. The molecular weight excluding hydrogens is 219 g/mol. The molecule has 0 bridgehead atoms. The first-order chi connectivity index (χ1) is 8.27. The highest BCUT2D eigenvalue weighted by atomic mass is 19.1. The summed E-state index contributed by atoms with van der Waals surface area (Å²) in [5, 5.41) is 7.40. The van der Waals surface area contributed by atoms with Crippen molar-refractivity contribution in [2.45, 2.75) is 12.5 Å². The van der Waals surface area contributed by atoms with E-state index in [1.807, 2.05) is 6.07 Å². The summed E-state index contributed by atoms with van der Waals surface area (Å²) >= 11 is 0. The molecule has 0 saturated carbocycles. The van der Waals surface area contributed by atoms with Crippen LogP contribution in [0.25, 0.3) is 0 Å². The van der Waals surface area contributed by atoms with Crippen molar-refractivity contribution in [1.29, 1.82) is 0 Å². The molecule has 3 rings (SSSR count). The third-order valence-electron chi connectivity index (χ3n) is 3.09. The highest BCUT2D eigenvalue weighted by Crippen LogP contribution is 2.33. The zero-order chi connectivity index (χ0) is 11.8. The maximum atomic E-state index is 13.8. The summed E-state index contributed by atoms with van der Waals surface area (Å²) in [6.45, 7) is 0.773. The topological polar surface area (TPSA) is 55.9 Å². The van der Waals surface area contributed by atoms with Crippen LogP contribution in [0.4, 0.5) is 15.9 Å². The largest absolute Gasteiger partial charge is 0.394 e. The molecule has 1 unspecified atom stereocenters. The van der Waals surface area contributed by atoms with Crippen molar-refractivity contribution in [2.24, 2.45) is 0 Å². The van der Waals surface area contributed by atoms with Gasteiger partial charge in [0.2, 0.25) is 0 Å². The lowest BCUT2D eigenvalue weighted by molar-refractivity contribution is 0.459. The molecular formula is C12H13FN4. The fourth-order valence-corrected chi connectivity index (χ4v) is 2.28. The molecule has 1 aromatic carbocycles. The molecule has 1 aliphatic rings. The Morgan fingerprint density at radius 2 is 2.24 bits per heavy atom. The van der Waals surface area contributed by atoms with Crippen LogP contribution in [0.1, 0.15) is 18.0 Å². The van der Waals surface area contributed by atoms with Crippen molar-refractivity contribution in [2.75, 3.05) is 17.6 Å². The fourth-order valence-electron chi connectivity index (χ4n) is 2.28. The summed E-state index contributed by atoms with van der Waals surface area (Å²) in [7, 11) is 0. The van der Waals surface area contributed by atoms with Crippen LogP contribution < -0.4 is 11.1 Å². The molecule has 1 aromatic heterocycles. The van der Waals surface area contributed by atoms with Crippen LogP contribution in [-0.4, -0.2) is 16.3 Å². The molecule has 0 saturated heterocycles. The lowest BCUT2D eigenvalue weighted by Gasteiger charge is -2.26. The molecule has 2 heterocycles. The first kappa shape index (κ1) is 10.1.